The molecule has 1 aromatic rings. The molecule has 0 aliphatic rings. The zero-order valence-corrected chi connectivity index (χ0v) is 14.0. The highest BCUT2D eigenvalue weighted by atomic mass is 19.4. The molecular weight excluding hydrogens is 303 g/mol. The molecule has 0 saturated carbocycles. The number of unbranched alkanes of at least 4 members (excludes halogenated alkanes) is 6. The first-order valence-electron chi connectivity index (χ1n) is 8.25. The van der Waals surface area contributed by atoms with Gasteiger partial charge in [-0.3, -0.25) is 4.99 Å². The van der Waals surface area contributed by atoms with Crippen LogP contribution in [0.4, 0.5) is 13.2 Å². The van der Waals surface area contributed by atoms with Gasteiger partial charge >= 0.3 is 6.18 Å². The first-order chi connectivity index (χ1) is 11.0. The molecule has 130 valence electrons. The average molecular weight is 329 g/mol. The van der Waals surface area contributed by atoms with E-state index in [-0.39, 0.29) is 12.1 Å². The van der Waals surface area contributed by atoms with Crippen molar-refractivity contribution in [2.45, 2.75) is 58.0 Å². The maximum Gasteiger partial charge on any atom is 0.433 e. The Bertz CT molecular complexity index is 466. The van der Waals surface area contributed by atoms with Gasteiger partial charge in [0.25, 0.3) is 0 Å². The van der Waals surface area contributed by atoms with Crippen molar-refractivity contribution >= 4 is 5.71 Å². The van der Waals surface area contributed by atoms with E-state index in [4.69, 9.17) is 4.74 Å². The second-order valence-corrected chi connectivity index (χ2v) is 5.58. The van der Waals surface area contributed by atoms with Gasteiger partial charge in [-0.25, -0.2) is 0 Å². The summed E-state index contributed by atoms with van der Waals surface area (Å²) >= 11 is 0. The molecule has 0 saturated heterocycles. The molecule has 1 rings (SSSR count). The van der Waals surface area contributed by atoms with Crippen LogP contribution in [0.25, 0.3) is 0 Å². The van der Waals surface area contributed by atoms with E-state index in [1.807, 2.05) is 0 Å². The molecule has 2 nitrogen and oxygen atoms in total. The normalized spacial score (nSPS) is 12.5. The van der Waals surface area contributed by atoms with Crippen LogP contribution >= 0.6 is 0 Å². The number of nitrogens with zero attached hydrogens (tertiary/aromatic N) is 1. The molecule has 0 amide bonds. The fraction of sp³-hybridized carbons (Fsp3) is 0.611. The minimum absolute atomic E-state index is 0.0845. The fourth-order valence-electron chi connectivity index (χ4n) is 2.35. The summed E-state index contributed by atoms with van der Waals surface area (Å²) in [6.07, 6.45) is 3.05. The lowest BCUT2D eigenvalue weighted by atomic mass is 10.1. The second-order valence-electron chi connectivity index (χ2n) is 5.58. The van der Waals surface area contributed by atoms with Gasteiger partial charge in [0.2, 0.25) is 0 Å². The first kappa shape index (κ1) is 19.5. The highest BCUT2D eigenvalue weighted by Gasteiger charge is 2.36. The second kappa shape index (κ2) is 10.3. The van der Waals surface area contributed by atoms with Crippen molar-refractivity contribution in [1.82, 2.24) is 0 Å². The minimum Gasteiger partial charge on any atom is -0.497 e. The number of rotatable bonds is 10. The third-order valence-electron chi connectivity index (χ3n) is 3.66. The molecule has 5 heteroatoms. The van der Waals surface area contributed by atoms with E-state index in [9.17, 15) is 13.2 Å². The van der Waals surface area contributed by atoms with Crippen molar-refractivity contribution in [3.05, 3.63) is 29.8 Å². The molecule has 0 N–H and O–H groups in total. The Morgan fingerprint density at radius 1 is 0.957 bits per heavy atom. The Balaban J connectivity index is 2.54. The molecular formula is C18H26F3NO. The number of halogens is 3. The van der Waals surface area contributed by atoms with Crippen molar-refractivity contribution in [2.75, 3.05) is 13.7 Å². The zero-order valence-electron chi connectivity index (χ0n) is 14.0. The van der Waals surface area contributed by atoms with Gasteiger partial charge in [-0.1, -0.05) is 45.4 Å². The summed E-state index contributed by atoms with van der Waals surface area (Å²) in [4.78, 5) is 3.81. The molecule has 0 aromatic heterocycles. The van der Waals surface area contributed by atoms with Gasteiger partial charge < -0.3 is 4.74 Å². The van der Waals surface area contributed by atoms with Crippen LogP contribution in [0.1, 0.15) is 57.4 Å². The Morgan fingerprint density at radius 3 is 2.04 bits per heavy atom. The molecule has 0 aliphatic heterocycles. The van der Waals surface area contributed by atoms with Crippen LogP contribution in [0.2, 0.25) is 0 Å². The Morgan fingerprint density at radius 2 is 1.52 bits per heavy atom. The van der Waals surface area contributed by atoms with Crippen molar-refractivity contribution in [3.63, 3.8) is 0 Å². The maximum absolute atomic E-state index is 13.1. The molecule has 0 atom stereocenters. The van der Waals surface area contributed by atoms with Crippen LogP contribution in [0, 0.1) is 0 Å². The minimum atomic E-state index is -4.43. The number of hydrogen-bond donors (Lipinski definition) is 0. The van der Waals surface area contributed by atoms with E-state index >= 15 is 0 Å². The number of benzene rings is 1. The Hall–Kier alpha value is -1.52. The lowest BCUT2D eigenvalue weighted by molar-refractivity contribution is -0.0582. The van der Waals surface area contributed by atoms with Gasteiger partial charge in [-0.05, 0) is 30.7 Å². The number of alkyl halides is 3. The summed E-state index contributed by atoms with van der Waals surface area (Å²) in [7, 11) is 1.48. The molecule has 23 heavy (non-hydrogen) atoms. The number of hydrogen-bond acceptors (Lipinski definition) is 2. The van der Waals surface area contributed by atoms with E-state index in [0.717, 1.165) is 19.3 Å². The van der Waals surface area contributed by atoms with Gasteiger partial charge in [0.15, 0.2) is 0 Å². The maximum atomic E-state index is 13.1. The van der Waals surface area contributed by atoms with Crippen LogP contribution in [-0.4, -0.2) is 25.5 Å². The average Bonchev–Trinajstić information content (AvgIpc) is 2.52. The van der Waals surface area contributed by atoms with Gasteiger partial charge in [0, 0.05) is 12.1 Å². The molecule has 0 spiro atoms. The lowest BCUT2D eigenvalue weighted by Crippen LogP contribution is -2.24. The third-order valence-corrected chi connectivity index (χ3v) is 3.66. The zero-order chi connectivity index (χ0) is 17.1. The summed E-state index contributed by atoms with van der Waals surface area (Å²) in [6.45, 7) is 2.38. The largest absolute Gasteiger partial charge is 0.497 e. The number of ether oxygens (including phenoxy) is 1. The van der Waals surface area contributed by atoms with E-state index in [1.165, 1.54) is 50.6 Å². The molecule has 0 fully saturated rings. The summed E-state index contributed by atoms with van der Waals surface area (Å²) < 4.78 is 44.4. The number of aliphatic imine (C=N–C) groups is 1. The molecule has 1 aromatic carbocycles. The van der Waals surface area contributed by atoms with E-state index in [2.05, 4.69) is 11.9 Å². The fourth-order valence-corrected chi connectivity index (χ4v) is 2.35. The van der Waals surface area contributed by atoms with E-state index in [0.29, 0.717) is 12.2 Å². The first-order valence-corrected chi connectivity index (χ1v) is 8.25. The monoisotopic (exact) mass is 329 g/mol. The summed E-state index contributed by atoms with van der Waals surface area (Å²) in [5, 5.41) is 0. The highest BCUT2D eigenvalue weighted by Crippen LogP contribution is 2.24. The van der Waals surface area contributed by atoms with Crippen LogP contribution in [0.5, 0.6) is 5.75 Å². The smallest absolute Gasteiger partial charge is 0.433 e. The van der Waals surface area contributed by atoms with Gasteiger partial charge in [0.05, 0.1) is 7.11 Å². The van der Waals surface area contributed by atoms with Crippen molar-refractivity contribution in [3.8, 4) is 5.75 Å². The lowest BCUT2D eigenvalue weighted by Gasteiger charge is -2.11. The van der Waals surface area contributed by atoms with Crippen LogP contribution in [-0.2, 0) is 0 Å². The summed E-state index contributed by atoms with van der Waals surface area (Å²) in [6, 6.07) is 5.83. The Labute approximate surface area is 136 Å². The highest BCUT2D eigenvalue weighted by molar-refractivity contribution is 6.04. The molecule has 0 unspecified atom stereocenters. The molecule has 0 radical (unpaired) electrons. The third kappa shape index (κ3) is 7.53. The molecule has 0 aliphatic carbocycles. The summed E-state index contributed by atoms with van der Waals surface area (Å²) in [5.41, 5.74) is -0.715. The van der Waals surface area contributed by atoms with Gasteiger partial charge in [0.1, 0.15) is 11.5 Å². The topological polar surface area (TPSA) is 21.6 Å². The Kier molecular flexibility index (Phi) is 8.74. The SMILES string of the molecule is CCCCCCCCC/N=C(/c1ccc(OC)cc1)C(F)(F)F. The summed E-state index contributed by atoms with van der Waals surface area (Å²) in [5.74, 6) is 0.530. The predicted octanol–water partition coefficient (Wildman–Crippen LogP) is 5.80. The van der Waals surface area contributed by atoms with Gasteiger partial charge in [-0.2, -0.15) is 13.2 Å². The van der Waals surface area contributed by atoms with Gasteiger partial charge in [-0.15, -0.1) is 0 Å². The van der Waals surface area contributed by atoms with Crippen molar-refractivity contribution in [1.29, 1.82) is 0 Å². The quantitative estimate of drug-likeness (QED) is 0.393. The number of methoxy groups -OCH3 is 1. The molecule has 0 bridgehead atoms. The molecule has 0 heterocycles. The van der Waals surface area contributed by atoms with E-state index in [1.54, 1.807) is 0 Å². The van der Waals surface area contributed by atoms with Crippen LogP contribution in [0.15, 0.2) is 29.3 Å². The van der Waals surface area contributed by atoms with Crippen molar-refractivity contribution < 1.29 is 17.9 Å². The van der Waals surface area contributed by atoms with Crippen molar-refractivity contribution in [2.24, 2.45) is 4.99 Å². The van der Waals surface area contributed by atoms with Crippen LogP contribution in [0.3, 0.4) is 0 Å². The van der Waals surface area contributed by atoms with Crippen LogP contribution < -0.4 is 4.74 Å². The predicted molar refractivity (Wildman–Crippen MR) is 88.4 cm³/mol. The van der Waals surface area contributed by atoms with E-state index < -0.39 is 11.9 Å². The standard InChI is InChI=1S/C18H26F3NO/c1-3-4-5-6-7-8-9-14-22-17(18(19,20)21)15-10-12-16(23-2)13-11-15/h10-13H,3-9,14H2,1-2H3/b22-17-.